The molecule has 0 aliphatic heterocycles. The van der Waals surface area contributed by atoms with Gasteiger partial charge in [-0.25, -0.2) is 18.0 Å². The van der Waals surface area contributed by atoms with E-state index < -0.39 is 40.2 Å². The number of carboxylic acid groups (broad SMARTS) is 2. The van der Waals surface area contributed by atoms with Crippen LogP contribution in [-0.2, 0) is 19.7 Å². The van der Waals surface area contributed by atoms with Gasteiger partial charge in [-0.3, -0.25) is 0 Å². The maximum absolute atomic E-state index is 10.9. The van der Waals surface area contributed by atoms with Crippen LogP contribution >= 0.6 is 0 Å². The van der Waals surface area contributed by atoms with Gasteiger partial charge in [0, 0.05) is 6.07 Å². The van der Waals surface area contributed by atoms with Crippen molar-refractivity contribution in [2.75, 3.05) is 13.2 Å². The van der Waals surface area contributed by atoms with E-state index in [-0.39, 0.29) is 30.4 Å². The zero-order chi connectivity index (χ0) is 15.3. The summed E-state index contributed by atoms with van der Waals surface area (Å²) >= 11 is 0. The van der Waals surface area contributed by atoms with Crippen LogP contribution in [0.25, 0.3) is 0 Å². The number of ether oxygens (including phenoxy) is 2. The molecule has 1 rings (SSSR count). The van der Waals surface area contributed by atoms with Crippen molar-refractivity contribution in [1.29, 1.82) is 0 Å². The molecule has 2 N–H and O–H groups in total. The number of aliphatic carboxylic acids is 2. The first-order chi connectivity index (χ1) is 9.18. The maximum atomic E-state index is 10.9. The van der Waals surface area contributed by atoms with E-state index in [9.17, 15) is 22.6 Å². The van der Waals surface area contributed by atoms with Crippen molar-refractivity contribution in [1.82, 2.24) is 0 Å². The summed E-state index contributed by atoms with van der Waals surface area (Å²) in [5, 5.41) is 16.9. The fraction of sp³-hybridized carbons (Fsp3) is 0.200. The number of benzene rings is 1. The van der Waals surface area contributed by atoms with Gasteiger partial charge in [0.1, 0.15) is 21.6 Å². The van der Waals surface area contributed by atoms with Crippen LogP contribution in [0, 0.1) is 0 Å². The fourth-order valence-corrected chi connectivity index (χ4v) is 1.67. The van der Waals surface area contributed by atoms with Gasteiger partial charge in [0.15, 0.2) is 13.2 Å². The third-order valence-electron chi connectivity index (χ3n) is 1.87. The van der Waals surface area contributed by atoms with E-state index in [1.165, 1.54) is 0 Å². The summed E-state index contributed by atoms with van der Waals surface area (Å²) in [6.07, 6.45) is 0. The summed E-state index contributed by atoms with van der Waals surface area (Å²) in [6, 6.07) is 2.71. The standard InChI is InChI=1S/C10H10O9S.Li/c11-9(12)4-18-6-1-7(19-5-10(13)14)3-8(2-6)20(15,16)17;/h1-3H,4-5H2,(H,11,12)(H,13,14)(H,15,16,17);/q;+1/p-1. The Morgan fingerprint density at radius 2 is 1.38 bits per heavy atom. The van der Waals surface area contributed by atoms with Crippen molar-refractivity contribution < 1.29 is 61.1 Å². The van der Waals surface area contributed by atoms with Crippen molar-refractivity contribution in [3.8, 4) is 11.5 Å². The molecular formula is C10H9LiO9S. The molecule has 0 fully saturated rings. The van der Waals surface area contributed by atoms with Gasteiger partial charge in [0.25, 0.3) is 0 Å². The topological polar surface area (TPSA) is 150 Å². The summed E-state index contributed by atoms with van der Waals surface area (Å²) in [5.41, 5.74) is 0. The number of rotatable bonds is 7. The average Bonchev–Trinajstić information content (AvgIpc) is 2.32. The minimum Gasteiger partial charge on any atom is -0.744 e. The van der Waals surface area contributed by atoms with Crippen molar-refractivity contribution >= 4 is 22.1 Å². The van der Waals surface area contributed by atoms with Crippen LogP contribution in [0.4, 0.5) is 0 Å². The van der Waals surface area contributed by atoms with Gasteiger partial charge in [-0.15, -0.1) is 0 Å². The Hall–Kier alpha value is -1.73. The van der Waals surface area contributed by atoms with Gasteiger partial charge in [-0.2, -0.15) is 0 Å². The largest absolute Gasteiger partial charge is 1.00 e. The van der Waals surface area contributed by atoms with E-state index in [1.807, 2.05) is 0 Å². The van der Waals surface area contributed by atoms with Crippen LogP contribution in [0.2, 0.25) is 0 Å². The average molecular weight is 312 g/mol. The summed E-state index contributed by atoms with van der Waals surface area (Å²) in [6.45, 7) is -1.53. The van der Waals surface area contributed by atoms with Crippen LogP contribution in [-0.4, -0.2) is 48.3 Å². The van der Waals surface area contributed by atoms with Gasteiger partial charge in [0.2, 0.25) is 0 Å². The quantitative estimate of drug-likeness (QED) is 0.386. The van der Waals surface area contributed by atoms with E-state index in [1.54, 1.807) is 0 Å². The Labute approximate surface area is 131 Å². The summed E-state index contributed by atoms with van der Waals surface area (Å²) in [5.74, 6) is -3.11. The second kappa shape index (κ2) is 7.89. The number of hydrogen-bond donors (Lipinski definition) is 2. The Bertz CT molecular complexity index is 589. The molecule has 1 aromatic rings. The summed E-state index contributed by atoms with van der Waals surface area (Å²) in [4.78, 5) is 20.0. The van der Waals surface area contributed by atoms with Crippen LogP contribution in [0.1, 0.15) is 0 Å². The zero-order valence-electron chi connectivity index (χ0n) is 10.8. The molecule has 0 unspecified atom stereocenters. The third-order valence-corrected chi connectivity index (χ3v) is 2.68. The van der Waals surface area contributed by atoms with E-state index in [4.69, 9.17) is 19.7 Å². The molecule has 0 saturated heterocycles. The molecule has 0 saturated carbocycles. The molecule has 0 atom stereocenters. The molecule has 0 aliphatic carbocycles. The Kier molecular flexibility index (Phi) is 7.24. The molecule has 0 amide bonds. The van der Waals surface area contributed by atoms with E-state index in [2.05, 4.69) is 0 Å². The molecule has 0 aromatic heterocycles. The fourth-order valence-electron chi connectivity index (χ4n) is 1.15. The summed E-state index contributed by atoms with van der Waals surface area (Å²) < 4.78 is 42.2. The second-order valence-corrected chi connectivity index (χ2v) is 4.84. The minimum atomic E-state index is -4.83. The number of hydrogen-bond acceptors (Lipinski definition) is 7. The van der Waals surface area contributed by atoms with Crippen LogP contribution in [0.15, 0.2) is 23.1 Å². The molecule has 9 nitrogen and oxygen atoms in total. The van der Waals surface area contributed by atoms with Crippen LogP contribution in [0.3, 0.4) is 0 Å². The molecule has 1 aromatic carbocycles. The van der Waals surface area contributed by atoms with Gasteiger partial charge < -0.3 is 24.2 Å². The second-order valence-electron chi connectivity index (χ2n) is 3.46. The van der Waals surface area contributed by atoms with E-state index >= 15 is 0 Å². The van der Waals surface area contributed by atoms with Crippen molar-refractivity contribution in [2.24, 2.45) is 0 Å². The molecule has 0 spiro atoms. The Morgan fingerprint density at radius 1 is 1.00 bits per heavy atom. The molecule has 0 bridgehead atoms. The first kappa shape index (κ1) is 19.3. The Morgan fingerprint density at radius 3 is 1.67 bits per heavy atom. The van der Waals surface area contributed by atoms with E-state index in [0.717, 1.165) is 18.2 Å². The normalized spacial score (nSPS) is 10.3. The molecule has 21 heavy (non-hydrogen) atoms. The molecule has 0 aliphatic rings. The van der Waals surface area contributed by atoms with Crippen molar-refractivity contribution in [3.63, 3.8) is 0 Å². The summed E-state index contributed by atoms with van der Waals surface area (Å²) in [7, 11) is -4.83. The number of carboxylic acids is 2. The smallest absolute Gasteiger partial charge is 0.744 e. The van der Waals surface area contributed by atoms with E-state index in [0.29, 0.717) is 0 Å². The number of carbonyl (C=O) groups is 2. The minimum absolute atomic E-state index is 0. The maximum Gasteiger partial charge on any atom is 1.00 e. The molecule has 11 heteroatoms. The van der Waals surface area contributed by atoms with Gasteiger partial charge in [0.05, 0.1) is 4.90 Å². The molecule has 110 valence electrons. The predicted octanol–water partition coefficient (Wildman–Crippen LogP) is -3.48. The van der Waals surface area contributed by atoms with Gasteiger partial charge in [-0.1, -0.05) is 0 Å². The van der Waals surface area contributed by atoms with Crippen molar-refractivity contribution in [2.45, 2.75) is 4.90 Å². The van der Waals surface area contributed by atoms with Gasteiger partial charge >= 0.3 is 30.8 Å². The van der Waals surface area contributed by atoms with Crippen LogP contribution in [0.5, 0.6) is 11.5 Å². The Balaban J connectivity index is 0.00000400. The molecule has 0 heterocycles. The molecular weight excluding hydrogens is 303 g/mol. The third kappa shape index (κ3) is 7.01. The molecule has 0 radical (unpaired) electrons. The zero-order valence-corrected chi connectivity index (χ0v) is 11.6. The predicted molar refractivity (Wildman–Crippen MR) is 60.7 cm³/mol. The SMILES string of the molecule is O=C(O)COc1cc(OCC(=O)O)cc(S(=O)(=O)[O-])c1.[Li+]. The first-order valence-electron chi connectivity index (χ1n) is 4.98. The van der Waals surface area contributed by atoms with Crippen molar-refractivity contribution in [3.05, 3.63) is 18.2 Å². The van der Waals surface area contributed by atoms with Crippen LogP contribution < -0.4 is 28.3 Å². The first-order valence-corrected chi connectivity index (χ1v) is 6.39. The monoisotopic (exact) mass is 312 g/mol. The van der Waals surface area contributed by atoms with Gasteiger partial charge in [-0.05, 0) is 12.1 Å².